The van der Waals surface area contributed by atoms with E-state index in [1.54, 1.807) is 6.07 Å². The molecule has 104 valence electrons. The van der Waals surface area contributed by atoms with Gasteiger partial charge in [0.1, 0.15) is 5.82 Å². The van der Waals surface area contributed by atoms with Crippen LogP contribution >= 0.6 is 22.6 Å². The molecule has 2 heterocycles. The van der Waals surface area contributed by atoms with Crippen LogP contribution in [0.5, 0.6) is 0 Å². The predicted molar refractivity (Wildman–Crippen MR) is 83.3 cm³/mol. The number of fused-ring (bicyclic) bond motifs is 2. The topological polar surface area (TPSA) is 24.5 Å². The van der Waals surface area contributed by atoms with E-state index < -0.39 is 0 Å². The van der Waals surface area contributed by atoms with E-state index in [1.807, 2.05) is 28.7 Å². The van der Waals surface area contributed by atoms with Gasteiger partial charge in [-0.1, -0.05) is 6.92 Å². The Morgan fingerprint density at radius 1 is 1.47 bits per heavy atom. The molecule has 3 rings (SSSR count). The Hall–Kier alpha value is -0.560. The molecule has 19 heavy (non-hydrogen) atoms. The van der Waals surface area contributed by atoms with Crippen LogP contribution in [0, 0.1) is 15.3 Å². The van der Waals surface area contributed by atoms with Gasteiger partial charge in [-0.25, -0.2) is 4.39 Å². The van der Waals surface area contributed by atoms with Gasteiger partial charge in [-0.15, -0.1) is 0 Å². The van der Waals surface area contributed by atoms with E-state index in [0.717, 1.165) is 44.1 Å². The summed E-state index contributed by atoms with van der Waals surface area (Å²) in [6, 6.07) is 3.95. The van der Waals surface area contributed by atoms with Gasteiger partial charge < -0.3 is 15.0 Å². The van der Waals surface area contributed by atoms with Crippen LogP contribution in [-0.2, 0) is 4.74 Å². The highest BCUT2D eigenvalue weighted by Crippen LogP contribution is 2.37. The molecule has 2 unspecified atom stereocenters. The van der Waals surface area contributed by atoms with Gasteiger partial charge >= 0.3 is 0 Å². The highest BCUT2D eigenvalue weighted by Gasteiger charge is 2.36. The third kappa shape index (κ3) is 2.42. The van der Waals surface area contributed by atoms with Crippen molar-refractivity contribution in [3.8, 4) is 0 Å². The van der Waals surface area contributed by atoms with Gasteiger partial charge in [-0.3, -0.25) is 0 Å². The number of benzene rings is 1. The average Bonchev–Trinajstić information content (AvgIpc) is 2.80. The number of ether oxygens (including phenoxy) is 1. The minimum atomic E-state index is -0.139. The molecule has 0 saturated carbocycles. The van der Waals surface area contributed by atoms with Gasteiger partial charge in [0.05, 0.1) is 34.2 Å². The number of hydrogen-bond acceptors (Lipinski definition) is 3. The van der Waals surface area contributed by atoms with E-state index >= 15 is 0 Å². The second-order valence-corrected chi connectivity index (χ2v) is 6.38. The SMILES string of the molecule is CCCN1c2cc(F)c(I)cc2NCC2COCC21. The largest absolute Gasteiger partial charge is 0.383 e. The van der Waals surface area contributed by atoms with E-state index in [2.05, 4.69) is 17.1 Å². The molecule has 2 atom stereocenters. The van der Waals surface area contributed by atoms with Crippen LogP contribution < -0.4 is 10.2 Å². The summed E-state index contributed by atoms with van der Waals surface area (Å²) < 4.78 is 20.2. The Labute approximate surface area is 126 Å². The number of anilines is 2. The minimum Gasteiger partial charge on any atom is -0.383 e. The molecule has 1 aromatic carbocycles. The molecule has 0 aromatic heterocycles. The van der Waals surface area contributed by atoms with Crippen molar-refractivity contribution in [1.82, 2.24) is 0 Å². The van der Waals surface area contributed by atoms with Crippen LogP contribution in [0.25, 0.3) is 0 Å². The quantitative estimate of drug-likeness (QED) is 0.803. The van der Waals surface area contributed by atoms with Crippen LogP contribution in [0.2, 0.25) is 0 Å². The van der Waals surface area contributed by atoms with E-state index in [9.17, 15) is 4.39 Å². The van der Waals surface area contributed by atoms with Crippen molar-refractivity contribution in [1.29, 1.82) is 0 Å². The van der Waals surface area contributed by atoms with E-state index in [0.29, 0.717) is 15.5 Å². The lowest BCUT2D eigenvalue weighted by molar-refractivity contribution is 0.185. The maximum Gasteiger partial charge on any atom is 0.138 e. The predicted octanol–water partition coefficient (Wildman–Crippen LogP) is 3.09. The molecule has 1 saturated heterocycles. The number of nitrogens with zero attached hydrogens (tertiary/aromatic N) is 1. The summed E-state index contributed by atoms with van der Waals surface area (Å²) in [5.41, 5.74) is 2.03. The standard InChI is InChI=1S/C14H18FIN2O/c1-2-3-18-13-4-10(15)11(16)5-12(13)17-6-9-7-19-8-14(9)18/h4-5,9,14,17H,2-3,6-8H2,1H3. The van der Waals surface area contributed by atoms with Crippen molar-refractivity contribution < 1.29 is 9.13 Å². The maximum atomic E-state index is 13.9. The number of rotatable bonds is 2. The van der Waals surface area contributed by atoms with Crippen LogP contribution in [0.1, 0.15) is 13.3 Å². The number of hydrogen-bond donors (Lipinski definition) is 1. The van der Waals surface area contributed by atoms with Gasteiger partial charge in [0.2, 0.25) is 0 Å². The molecule has 5 heteroatoms. The molecule has 1 fully saturated rings. The zero-order valence-corrected chi connectivity index (χ0v) is 13.1. The monoisotopic (exact) mass is 376 g/mol. The molecule has 0 spiro atoms. The van der Waals surface area contributed by atoms with Crippen molar-refractivity contribution in [3.05, 3.63) is 21.5 Å². The minimum absolute atomic E-state index is 0.139. The second-order valence-electron chi connectivity index (χ2n) is 5.22. The molecule has 0 aliphatic carbocycles. The molecule has 0 amide bonds. The second kappa shape index (κ2) is 5.44. The highest BCUT2D eigenvalue weighted by molar-refractivity contribution is 14.1. The molecule has 1 N–H and O–H groups in total. The lowest BCUT2D eigenvalue weighted by Crippen LogP contribution is -2.41. The van der Waals surface area contributed by atoms with Gasteiger partial charge in [0.25, 0.3) is 0 Å². The lowest BCUT2D eigenvalue weighted by Gasteiger charge is -2.31. The maximum absolute atomic E-state index is 13.9. The zero-order valence-electron chi connectivity index (χ0n) is 11.0. The number of nitrogens with one attached hydrogen (secondary N) is 1. The Morgan fingerprint density at radius 2 is 2.32 bits per heavy atom. The Morgan fingerprint density at radius 3 is 3.11 bits per heavy atom. The lowest BCUT2D eigenvalue weighted by atomic mass is 10.0. The Kier molecular flexibility index (Phi) is 3.84. The summed E-state index contributed by atoms with van der Waals surface area (Å²) in [6.07, 6.45) is 1.05. The summed E-state index contributed by atoms with van der Waals surface area (Å²) in [5.74, 6) is 0.347. The van der Waals surface area contributed by atoms with Crippen molar-refractivity contribution in [2.75, 3.05) is 36.5 Å². The molecular weight excluding hydrogens is 358 g/mol. The fourth-order valence-electron chi connectivity index (χ4n) is 2.99. The first-order chi connectivity index (χ1) is 9.20. The average molecular weight is 376 g/mol. The van der Waals surface area contributed by atoms with Crippen molar-refractivity contribution in [3.63, 3.8) is 0 Å². The molecule has 2 aliphatic rings. The van der Waals surface area contributed by atoms with Gasteiger partial charge in [-0.05, 0) is 35.1 Å². The molecule has 0 radical (unpaired) electrons. The van der Waals surface area contributed by atoms with E-state index in [-0.39, 0.29) is 5.82 Å². The van der Waals surface area contributed by atoms with Crippen LogP contribution in [0.4, 0.5) is 15.8 Å². The fraction of sp³-hybridized carbons (Fsp3) is 0.571. The van der Waals surface area contributed by atoms with Crippen molar-refractivity contribution in [2.45, 2.75) is 19.4 Å². The van der Waals surface area contributed by atoms with E-state index in [1.165, 1.54) is 0 Å². The van der Waals surface area contributed by atoms with Crippen LogP contribution in [-0.4, -0.2) is 32.3 Å². The van der Waals surface area contributed by atoms with Crippen molar-refractivity contribution in [2.24, 2.45) is 5.92 Å². The highest BCUT2D eigenvalue weighted by atomic mass is 127. The molecule has 1 aromatic rings. The summed E-state index contributed by atoms with van der Waals surface area (Å²) in [7, 11) is 0. The Bertz CT molecular complexity index is 483. The first-order valence-electron chi connectivity index (χ1n) is 6.78. The molecule has 0 bridgehead atoms. The smallest absolute Gasteiger partial charge is 0.138 e. The van der Waals surface area contributed by atoms with Crippen molar-refractivity contribution >= 4 is 34.0 Å². The number of halogens is 2. The summed E-state index contributed by atoms with van der Waals surface area (Å²) in [6.45, 7) is 5.55. The first kappa shape index (κ1) is 13.4. The molecular formula is C14H18FIN2O. The van der Waals surface area contributed by atoms with Gasteiger partial charge in [0.15, 0.2) is 0 Å². The summed E-state index contributed by atoms with van der Waals surface area (Å²) >= 11 is 2.05. The third-order valence-electron chi connectivity index (χ3n) is 3.93. The zero-order chi connectivity index (χ0) is 13.4. The molecule has 3 nitrogen and oxygen atoms in total. The Balaban J connectivity index is 2.04. The molecule has 2 aliphatic heterocycles. The third-order valence-corrected chi connectivity index (χ3v) is 4.76. The van der Waals surface area contributed by atoms with E-state index in [4.69, 9.17) is 4.74 Å². The van der Waals surface area contributed by atoms with Crippen LogP contribution in [0.15, 0.2) is 12.1 Å². The first-order valence-corrected chi connectivity index (χ1v) is 7.86. The summed E-state index contributed by atoms with van der Waals surface area (Å²) in [5, 5.41) is 3.46. The van der Waals surface area contributed by atoms with Crippen LogP contribution in [0.3, 0.4) is 0 Å². The van der Waals surface area contributed by atoms with Gasteiger partial charge in [0, 0.05) is 25.1 Å². The van der Waals surface area contributed by atoms with Gasteiger partial charge in [-0.2, -0.15) is 0 Å². The fourth-order valence-corrected chi connectivity index (χ4v) is 3.46. The normalized spacial score (nSPS) is 25.5. The summed E-state index contributed by atoms with van der Waals surface area (Å²) in [4.78, 5) is 2.33.